The van der Waals surface area contributed by atoms with Crippen LogP contribution in [0.5, 0.6) is 5.75 Å². The summed E-state index contributed by atoms with van der Waals surface area (Å²) in [4.78, 5) is 6.33. The van der Waals surface area contributed by atoms with Crippen LogP contribution >= 0.6 is 11.8 Å². The third-order valence-corrected chi connectivity index (χ3v) is 5.43. The summed E-state index contributed by atoms with van der Waals surface area (Å²) in [5, 5.41) is 0. The number of hydrogen-bond donors (Lipinski definition) is 0. The molecule has 0 N–H and O–H groups in total. The Morgan fingerprint density at radius 3 is 2.52 bits per heavy atom. The minimum atomic E-state index is 0.481. The van der Waals surface area contributed by atoms with Crippen molar-refractivity contribution in [1.29, 1.82) is 0 Å². The van der Waals surface area contributed by atoms with E-state index in [-0.39, 0.29) is 0 Å². The molecule has 1 atom stereocenters. The fraction of sp³-hybridized carbons (Fsp3) is 0.667. The maximum absolute atomic E-state index is 5.86. The highest BCUT2D eigenvalue weighted by atomic mass is 32.2. The number of thioether (sulfide) groups is 1. The molecule has 2 saturated heterocycles. The molecule has 0 saturated carbocycles. The Bertz CT molecular complexity index is 455. The van der Waals surface area contributed by atoms with Crippen LogP contribution in [0.3, 0.4) is 0 Å². The summed E-state index contributed by atoms with van der Waals surface area (Å²) in [6.45, 7) is 8.45. The largest absolute Gasteiger partial charge is 0.492 e. The van der Waals surface area contributed by atoms with Gasteiger partial charge in [0.1, 0.15) is 12.4 Å². The monoisotopic (exact) mass is 336 g/mol. The molecular formula is C18H28N2O2S. The van der Waals surface area contributed by atoms with Crippen LogP contribution in [-0.4, -0.2) is 74.6 Å². The molecule has 2 aliphatic rings. The van der Waals surface area contributed by atoms with E-state index in [2.05, 4.69) is 40.3 Å². The van der Waals surface area contributed by atoms with Gasteiger partial charge < -0.3 is 9.47 Å². The van der Waals surface area contributed by atoms with Gasteiger partial charge in [0.2, 0.25) is 0 Å². The molecule has 1 aromatic rings. The van der Waals surface area contributed by atoms with Gasteiger partial charge in [-0.1, -0.05) is 0 Å². The number of piperazine rings is 1. The highest BCUT2D eigenvalue weighted by Gasteiger charge is 2.22. The molecule has 2 aliphatic heterocycles. The summed E-state index contributed by atoms with van der Waals surface area (Å²) < 4.78 is 11.6. The summed E-state index contributed by atoms with van der Waals surface area (Å²) in [6.07, 6.45) is 5.05. The highest BCUT2D eigenvalue weighted by Crippen LogP contribution is 2.19. The Balaban J connectivity index is 1.31. The van der Waals surface area contributed by atoms with Crippen molar-refractivity contribution in [2.24, 2.45) is 0 Å². The van der Waals surface area contributed by atoms with E-state index >= 15 is 0 Å². The maximum atomic E-state index is 5.86. The standard InChI is InChI=1S/C18H28N2O2S/c1-23-18-6-4-16(5-7-18)22-14-12-19-8-10-20(11-9-19)15-17-3-2-13-21-17/h4-7,17H,2-3,8-15H2,1H3/t17-/m1/s1. The van der Waals surface area contributed by atoms with Gasteiger partial charge in [0, 0.05) is 50.8 Å². The first kappa shape index (κ1) is 17.1. The minimum absolute atomic E-state index is 0.481. The van der Waals surface area contributed by atoms with Crippen LogP contribution in [0.25, 0.3) is 0 Å². The lowest BCUT2D eigenvalue weighted by atomic mass is 10.2. The molecule has 0 amide bonds. The normalized spacial score (nSPS) is 23.3. The molecule has 0 aliphatic carbocycles. The van der Waals surface area contributed by atoms with Crippen molar-refractivity contribution in [3.05, 3.63) is 24.3 Å². The lowest BCUT2D eigenvalue weighted by molar-refractivity contribution is 0.0478. The average molecular weight is 337 g/mol. The van der Waals surface area contributed by atoms with Crippen molar-refractivity contribution in [3.8, 4) is 5.75 Å². The van der Waals surface area contributed by atoms with E-state index in [0.29, 0.717) is 6.10 Å². The van der Waals surface area contributed by atoms with Gasteiger partial charge in [0.05, 0.1) is 6.10 Å². The Morgan fingerprint density at radius 1 is 1.13 bits per heavy atom. The van der Waals surface area contributed by atoms with Gasteiger partial charge >= 0.3 is 0 Å². The topological polar surface area (TPSA) is 24.9 Å². The van der Waals surface area contributed by atoms with Crippen molar-refractivity contribution >= 4 is 11.8 Å². The first-order valence-corrected chi connectivity index (χ1v) is 9.89. The SMILES string of the molecule is CSc1ccc(OCCN2CCN(C[C@H]3CCCO3)CC2)cc1. The highest BCUT2D eigenvalue weighted by molar-refractivity contribution is 7.98. The Kier molecular flexibility index (Phi) is 6.63. The van der Waals surface area contributed by atoms with E-state index in [0.717, 1.165) is 58.2 Å². The lowest BCUT2D eigenvalue weighted by Gasteiger charge is -2.35. The zero-order chi connectivity index (χ0) is 15.9. The van der Waals surface area contributed by atoms with E-state index in [4.69, 9.17) is 9.47 Å². The molecule has 0 bridgehead atoms. The third kappa shape index (κ3) is 5.38. The van der Waals surface area contributed by atoms with E-state index in [1.807, 2.05) is 0 Å². The van der Waals surface area contributed by atoms with Gasteiger partial charge in [0.15, 0.2) is 0 Å². The second kappa shape index (κ2) is 8.92. The Labute approximate surface area is 144 Å². The van der Waals surface area contributed by atoms with Gasteiger partial charge in [-0.15, -0.1) is 11.8 Å². The van der Waals surface area contributed by atoms with Crippen molar-refractivity contribution in [2.75, 3.05) is 58.7 Å². The van der Waals surface area contributed by atoms with Crippen molar-refractivity contribution < 1.29 is 9.47 Å². The van der Waals surface area contributed by atoms with Crippen molar-refractivity contribution in [1.82, 2.24) is 9.80 Å². The quantitative estimate of drug-likeness (QED) is 0.713. The van der Waals surface area contributed by atoms with E-state index in [9.17, 15) is 0 Å². The summed E-state index contributed by atoms with van der Waals surface area (Å²) in [5.74, 6) is 0.972. The Hall–Kier alpha value is -0.750. The van der Waals surface area contributed by atoms with Crippen LogP contribution < -0.4 is 4.74 Å². The maximum Gasteiger partial charge on any atom is 0.119 e. The minimum Gasteiger partial charge on any atom is -0.492 e. The van der Waals surface area contributed by atoms with Crippen LogP contribution in [0.15, 0.2) is 29.2 Å². The molecule has 0 radical (unpaired) electrons. The Morgan fingerprint density at radius 2 is 1.87 bits per heavy atom. The number of ether oxygens (including phenoxy) is 2. The number of rotatable bonds is 7. The summed E-state index contributed by atoms with van der Waals surface area (Å²) >= 11 is 1.76. The summed E-state index contributed by atoms with van der Waals surface area (Å²) in [7, 11) is 0. The first-order chi connectivity index (χ1) is 11.3. The van der Waals surface area contributed by atoms with Crippen LogP contribution in [0, 0.1) is 0 Å². The van der Waals surface area contributed by atoms with Crippen molar-refractivity contribution in [3.63, 3.8) is 0 Å². The average Bonchev–Trinajstić information content (AvgIpc) is 3.10. The molecule has 1 aromatic carbocycles. The van der Waals surface area contributed by atoms with Crippen LogP contribution in [-0.2, 0) is 4.74 Å². The van der Waals surface area contributed by atoms with E-state index in [1.165, 1.54) is 17.7 Å². The predicted molar refractivity (Wildman–Crippen MR) is 95.6 cm³/mol. The molecule has 2 fully saturated rings. The second-order valence-electron chi connectivity index (χ2n) is 6.30. The number of hydrogen-bond acceptors (Lipinski definition) is 5. The van der Waals surface area contributed by atoms with Gasteiger partial charge in [-0.05, 0) is 43.4 Å². The molecule has 2 heterocycles. The van der Waals surface area contributed by atoms with Gasteiger partial charge in [-0.3, -0.25) is 9.80 Å². The summed E-state index contributed by atoms with van der Waals surface area (Å²) in [5.41, 5.74) is 0. The molecule has 3 rings (SSSR count). The lowest BCUT2D eigenvalue weighted by Crippen LogP contribution is -2.49. The van der Waals surface area contributed by atoms with Crippen molar-refractivity contribution in [2.45, 2.75) is 23.8 Å². The van der Waals surface area contributed by atoms with Gasteiger partial charge in [0.25, 0.3) is 0 Å². The first-order valence-electron chi connectivity index (χ1n) is 8.66. The molecule has 0 aromatic heterocycles. The van der Waals surface area contributed by atoms with Crippen LogP contribution in [0.1, 0.15) is 12.8 Å². The smallest absolute Gasteiger partial charge is 0.119 e. The fourth-order valence-electron chi connectivity index (χ4n) is 3.24. The van der Waals surface area contributed by atoms with Gasteiger partial charge in [-0.25, -0.2) is 0 Å². The molecule has 0 unspecified atom stereocenters. The molecule has 0 spiro atoms. The van der Waals surface area contributed by atoms with E-state index < -0.39 is 0 Å². The predicted octanol–water partition coefficient (Wildman–Crippen LogP) is 2.58. The fourth-order valence-corrected chi connectivity index (χ4v) is 3.64. The molecule has 5 heteroatoms. The third-order valence-electron chi connectivity index (χ3n) is 4.69. The molecule has 128 valence electrons. The van der Waals surface area contributed by atoms with Crippen LogP contribution in [0.2, 0.25) is 0 Å². The molecule has 4 nitrogen and oxygen atoms in total. The second-order valence-corrected chi connectivity index (χ2v) is 7.18. The zero-order valence-corrected chi connectivity index (χ0v) is 14.9. The van der Waals surface area contributed by atoms with E-state index in [1.54, 1.807) is 11.8 Å². The molecular weight excluding hydrogens is 308 g/mol. The molecule has 23 heavy (non-hydrogen) atoms. The zero-order valence-electron chi connectivity index (χ0n) is 14.1. The summed E-state index contributed by atoms with van der Waals surface area (Å²) in [6, 6.07) is 8.35. The number of benzene rings is 1. The number of nitrogens with zero attached hydrogens (tertiary/aromatic N) is 2. The van der Waals surface area contributed by atoms with Crippen LogP contribution in [0.4, 0.5) is 0 Å². The van der Waals surface area contributed by atoms with Gasteiger partial charge in [-0.2, -0.15) is 0 Å².